The lowest BCUT2D eigenvalue weighted by Gasteiger charge is -2.19. The second-order valence-corrected chi connectivity index (χ2v) is 5.93. The van der Waals surface area contributed by atoms with Gasteiger partial charge in [-0.1, -0.05) is 30.3 Å². The van der Waals surface area contributed by atoms with Crippen LogP contribution in [0.1, 0.15) is 29.2 Å². The number of carbonyl (C=O) groups excluding carboxylic acids is 1. The first kappa shape index (κ1) is 20.8. The Balaban J connectivity index is 1.84. The van der Waals surface area contributed by atoms with E-state index in [0.29, 0.717) is 0 Å². The van der Waals surface area contributed by atoms with Crippen LogP contribution in [0.5, 0.6) is 0 Å². The molecular formula is C19H19N3O6. The quantitative estimate of drug-likeness (QED) is 0.466. The van der Waals surface area contributed by atoms with E-state index in [0.717, 1.165) is 17.7 Å². The number of rotatable bonds is 8. The van der Waals surface area contributed by atoms with Gasteiger partial charge in [0.25, 0.3) is 5.69 Å². The highest BCUT2D eigenvalue weighted by Gasteiger charge is 2.23. The van der Waals surface area contributed by atoms with Crippen LogP contribution in [0.4, 0.5) is 10.5 Å². The van der Waals surface area contributed by atoms with Gasteiger partial charge in [0.1, 0.15) is 12.7 Å². The van der Waals surface area contributed by atoms with Crippen LogP contribution >= 0.6 is 0 Å². The number of nitriles is 1. The third-order valence-electron chi connectivity index (χ3n) is 3.97. The molecule has 9 heteroatoms. The first-order valence-electron chi connectivity index (χ1n) is 8.41. The fraction of sp³-hybridized carbons (Fsp3) is 0.263. The van der Waals surface area contributed by atoms with Crippen LogP contribution in [0.15, 0.2) is 48.5 Å². The number of nitrogens with one attached hydrogen (secondary N) is 1. The molecule has 146 valence electrons. The van der Waals surface area contributed by atoms with Gasteiger partial charge < -0.3 is 20.3 Å². The van der Waals surface area contributed by atoms with E-state index in [1.807, 2.05) is 30.3 Å². The van der Waals surface area contributed by atoms with E-state index in [2.05, 4.69) is 5.32 Å². The smallest absolute Gasteiger partial charge is 0.407 e. The highest BCUT2D eigenvalue weighted by Crippen LogP contribution is 2.25. The molecule has 0 aliphatic heterocycles. The monoisotopic (exact) mass is 385 g/mol. The summed E-state index contributed by atoms with van der Waals surface area (Å²) in [6.07, 6.45) is -3.40. The van der Waals surface area contributed by atoms with Crippen molar-refractivity contribution in [3.8, 4) is 6.07 Å². The van der Waals surface area contributed by atoms with Crippen LogP contribution in [-0.4, -0.2) is 33.9 Å². The number of hydrogen-bond acceptors (Lipinski definition) is 7. The summed E-state index contributed by atoms with van der Waals surface area (Å²) in [7, 11) is 0. The molecule has 0 heterocycles. The maximum Gasteiger partial charge on any atom is 0.407 e. The second-order valence-electron chi connectivity index (χ2n) is 5.93. The molecule has 3 N–H and O–H groups in total. The molecule has 0 saturated heterocycles. The molecule has 0 saturated carbocycles. The number of alkyl carbamates (subject to hydrolysis) is 1. The van der Waals surface area contributed by atoms with E-state index in [1.54, 1.807) is 6.07 Å². The summed E-state index contributed by atoms with van der Waals surface area (Å²) < 4.78 is 5.03. The van der Waals surface area contributed by atoms with Gasteiger partial charge in [-0.2, -0.15) is 5.26 Å². The van der Waals surface area contributed by atoms with Crippen molar-refractivity contribution >= 4 is 11.8 Å². The standard InChI is InChI=1S/C19H19N3O6/c20-11-14-10-15(22(26)27)6-7-16(14)18(24)17(23)8-9-21-19(25)28-12-13-4-2-1-3-5-13/h1-7,10,17-18,23-24H,8-9,12H2,(H,21,25). The molecule has 2 aromatic carbocycles. The number of hydrogen-bond donors (Lipinski definition) is 3. The molecule has 2 atom stereocenters. The topological polar surface area (TPSA) is 146 Å². The van der Waals surface area contributed by atoms with E-state index in [4.69, 9.17) is 10.00 Å². The van der Waals surface area contributed by atoms with E-state index in [-0.39, 0.29) is 36.4 Å². The molecule has 0 aliphatic carbocycles. The van der Waals surface area contributed by atoms with Gasteiger partial charge in [-0.3, -0.25) is 10.1 Å². The van der Waals surface area contributed by atoms with Crippen LogP contribution in [0.2, 0.25) is 0 Å². The summed E-state index contributed by atoms with van der Waals surface area (Å²) >= 11 is 0. The zero-order valence-electron chi connectivity index (χ0n) is 14.8. The minimum atomic E-state index is -1.43. The lowest BCUT2D eigenvalue weighted by atomic mass is 9.97. The van der Waals surface area contributed by atoms with Gasteiger partial charge in [-0.05, 0) is 18.1 Å². The number of carbonyl (C=O) groups is 1. The number of nitrogens with zero attached hydrogens (tertiary/aromatic N) is 2. The Morgan fingerprint density at radius 1 is 1.25 bits per heavy atom. The number of amides is 1. The number of nitro benzene ring substituents is 1. The number of benzene rings is 2. The Bertz CT molecular complexity index is 866. The Morgan fingerprint density at radius 2 is 1.96 bits per heavy atom. The highest BCUT2D eigenvalue weighted by atomic mass is 16.6. The van der Waals surface area contributed by atoms with Crippen molar-refractivity contribution < 1.29 is 24.7 Å². The molecular weight excluding hydrogens is 366 g/mol. The normalized spacial score (nSPS) is 12.5. The molecule has 0 bridgehead atoms. The summed E-state index contributed by atoms with van der Waals surface area (Å²) in [6.45, 7) is 0.132. The van der Waals surface area contributed by atoms with Crippen LogP contribution in [0.3, 0.4) is 0 Å². The van der Waals surface area contributed by atoms with Crippen molar-refractivity contribution in [3.63, 3.8) is 0 Å². The van der Waals surface area contributed by atoms with Gasteiger partial charge >= 0.3 is 6.09 Å². The number of aliphatic hydroxyl groups excluding tert-OH is 2. The lowest BCUT2D eigenvalue weighted by Crippen LogP contribution is -2.30. The van der Waals surface area contributed by atoms with E-state index >= 15 is 0 Å². The van der Waals surface area contributed by atoms with Crippen molar-refractivity contribution in [2.24, 2.45) is 0 Å². The molecule has 0 aliphatic rings. The van der Waals surface area contributed by atoms with E-state index < -0.39 is 23.2 Å². The van der Waals surface area contributed by atoms with Gasteiger partial charge in [0.05, 0.1) is 22.7 Å². The predicted molar refractivity (Wildman–Crippen MR) is 98.0 cm³/mol. The minimum Gasteiger partial charge on any atom is -0.445 e. The second kappa shape index (κ2) is 10.0. The van der Waals surface area contributed by atoms with E-state index in [9.17, 15) is 25.1 Å². The molecule has 0 spiro atoms. The Labute approximate surface area is 161 Å². The molecule has 0 fully saturated rings. The predicted octanol–water partition coefficient (Wildman–Crippen LogP) is 2.18. The third-order valence-corrected chi connectivity index (χ3v) is 3.97. The van der Waals surface area contributed by atoms with Crippen LogP contribution in [0.25, 0.3) is 0 Å². The fourth-order valence-corrected chi connectivity index (χ4v) is 2.47. The molecule has 2 aromatic rings. The van der Waals surface area contributed by atoms with Crippen molar-refractivity contribution in [3.05, 3.63) is 75.3 Å². The highest BCUT2D eigenvalue weighted by molar-refractivity contribution is 5.67. The SMILES string of the molecule is N#Cc1cc([N+](=O)[O-])ccc1C(O)C(O)CCNC(=O)OCc1ccccc1. The number of non-ortho nitro benzene ring substituents is 1. The Morgan fingerprint density at radius 3 is 2.61 bits per heavy atom. The van der Waals surface area contributed by atoms with Gasteiger partial charge in [0.15, 0.2) is 0 Å². The summed E-state index contributed by atoms with van der Waals surface area (Å²) in [6, 6.07) is 14.3. The average Bonchev–Trinajstić information content (AvgIpc) is 2.71. The summed E-state index contributed by atoms with van der Waals surface area (Å²) in [5, 5.41) is 42.7. The number of aliphatic hydroxyl groups is 2. The summed E-state index contributed by atoms with van der Waals surface area (Å²) in [4.78, 5) is 21.8. The number of ether oxygens (including phenoxy) is 1. The van der Waals surface area contributed by atoms with E-state index in [1.165, 1.54) is 6.07 Å². The van der Waals surface area contributed by atoms with Crippen molar-refractivity contribution in [1.29, 1.82) is 5.26 Å². The Hall–Kier alpha value is -3.48. The largest absolute Gasteiger partial charge is 0.445 e. The minimum absolute atomic E-state index is 0.0105. The molecule has 0 radical (unpaired) electrons. The molecule has 2 unspecified atom stereocenters. The van der Waals surface area contributed by atoms with Crippen molar-refractivity contribution in [2.45, 2.75) is 25.2 Å². The maximum absolute atomic E-state index is 11.7. The summed E-state index contributed by atoms with van der Waals surface area (Å²) in [5.41, 5.74) is 0.517. The van der Waals surface area contributed by atoms with Gasteiger partial charge in [-0.15, -0.1) is 0 Å². The Kier molecular flexibility index (Phi) is 7.45. The zero-order chi connectivity index (χ0) is 20.5. The van der Waals surface area contributed by atoms with Crippen molar-refractivity contribution in [1.82, 2.24) is 5.32 Å². The number of nitro groups is 1. The molecule has 28 heavy (non-hydrogen) atoms. The molecule has 0 aromatic heterocycles. The van der Waals surface area contributed by atoms with Crippen LogP contribution in [0, 0.1) is 21.4 Å². The van der Waals surface area contributed by atoms with Crippen molar-refractivity contribution in [2.75, 3.05) is 6.54 Å². The van der Waals surface area contributed by atoms with Gasteiger partial charge in [0, 0.05) is 24.2 Å². The molecule has 2 rings (SSSR count). The maximum atomic E-state index is 11.7. The lowest BCUT2D eigenvalue weighted by molar-refractivity contribution is -0.384. The molecule has 1 amide bonds. The van der Waals surface area contributed by atoms with Gasteiger partial charge in [-0.25, -0.2) is 4.79 Å². The van der Waals surface area contributed by atoms with Crippen LogP contribution in [-0.2, 0) is 11.3 Å². The summed E-state index contributed by atoms with van der Waals surface area (Å²) in [5.74, 6) is 0. The van der Waals surface area contributed by atoms with Crippen LogP contribution < -0.4 is 5.32 Å². The molecule has 9 nitrogen and oxygen atoms in total. The third kappa shape index (κ3) is 5.77. The first-order valence-corrected chi connectivity index (χ1v) is 8.41. The zero-order valence-corrected chi connectivity index (χ0v) is 14.8. The van der Waals surface area contributed by atoms with Gasteiger partial charge in [0.2, 0.25) is 0 Å². The average molecular weight is 385 g/mol. The first-order chi connectivity index (χ1) is 13.4. The fourth-order valence-electron chi connectivity index (χ4n) is 2.47.